The van der Waals surface area contributed by atoms with Gasteiger partial charge in [-0.1, -0.05) is 17.7 Å². The molecule has 0 aliphatic heterocycles. The highest BCUT2D eigenvalue weighted by molar-refractivity contribution is 6.32. The number of nitrogen functional groups attached to an aromatic ring is 1. The lowest BCUT2D eigenvalue weighted by atomic mass is 10.1. The molecule has 0 aromatic heterocycles. The third kappa shape index (κ3) is 3.31. The van der Waals surface area contributed by atoms with Gasteiger partial charge in [-0.05, 0) is 42.8 Å². The van der Waals surface area contributed by atoms with Crippen LogP contribution in [0.1, 0.15) is 21.5 Å². The van der Waals surface area contributed by atoms with Gasteiger partial charge in [0.15, 0.2) is 0 Å². The van der Waals surface area contributed by atoms with E-state index < -0.39 is 0 Å². The Morgan fingerprint density at radius 3 is 2.67 bits per heavy atom. The van der Waals surface area contributed by atoms with E-state index in [4.69, 9.17) is 22.7 Å². The van der Waals surface area contributed by atoms with E-state index >= 15 is 0 Å². The molecule has 6 heteroatoms. The van der Waals surface area contributed by atoms with Gasteiger partial charge in [-0.2, -0.15) is 5.26 Å². The summed E-state index contributed by atoms with van der Waals surface area (Å²) in [5, 5.41) is 11.8. The van der Waals surface area contributed by atoms with Crippen molar-refractivity contribution in [3.05, 3.63) is 58.1 Å². The van der Waals surface area contributed by atoms with Gasteiger partial charge in [0.25, 0.3) is 5.91 Å². The van der Waals surface area contributed by atoms with Gasteiger partial charge in [0.1, 0.15) is 6.07 Å². The summed E-state index contributed by atoms with van der Waals surface area (Å²) in [6, 6.07) is 11.9. The molecule has 0 unspecified atom stereocenters. The first-order valence-corrected chi connectivity index (χ1v) is 6.51. The molecule has 0 aliphatic carbocycles. The molecule has 0 aliphatic rings. The van der Waals surface area contributed by atoms with Crippen LogP contribution < -0.4 is 16.6 Å². The number of nitrogens with two attached hydrogens (primary N) is 1. The molecule has 2 aromatic carbocycles. The molecular formula is C15H13ClN4O. The zero-order valence-corrected chi connectivity index (χ0v) is 12.0. The number of hydrogen-bond acceptors (Lipinski definition) is 4. The fourth-order valence-corrected chi connectivity index (χ4v) is 2.08. The molecule has 0 radical (unpaired) electrons. The second-order valence-corrected chi connectivity index (χ2v) is 4.86. The normalized spacial score (nSPS) is 9.81. The van der Waals surface area contributed by atoms with Crippen LogP contribution in [-0.2, 0) is 0 Å². The summed E-state index contributed by atoms with van der Waals surface area (Å²) in [4.78, 5) is 12.3. The van der Waals surface area contributed by atoms with Gasteiger partial charge in [0.05, 0.1) is 21.8 Å². The van der Waals surface area contributed by atoms with Crippen molar-refractivity contribution in [1.29, 1.82) is 5.26 Å². The molecule has 0 heterocycles. The molecule has 0 bridgehead atoms. The summed E-state index contributed by atoms with van der Waals surface area (Å²) < 4.78 is 0. The van der Waals surface area contributed by atoms with Crippen LogP contribution in [0, 0.1) is 18.3 Å². The minimum absolute atomic E-state index is 0.288. The zero-order valence-electron chi connectivity index (χ0n) is 11.3. The smallest absolute Gasteiger partial charge is 0.257 e. The molecule has 2 rings (SSSR count). The molecule has 21 heavy (non-hydrogen) atoms. The second-order valence-electron chi connectivity index (χ2n) is 4.45. The summed E-state index contributed by atoms with van der Waals surface area (Å²) in [5.74, 6) is 5.11. The van der Waals surface area contributed by atoms with Gasteiger partial charge in [-0.15, -0.1) is 0 Å². The second kappa shape index (κ2) is 6.27. The van der Waals surface area contributed by atoms with Crippen LogP contribution in [0.4, 0.5) is 11.4 Å². The summed E-state index contributed by atoms with van der Waals surface area (Å²) in [5.41, 5.74) is 5.31. The highest BCUT2D eigenvalue weighted by Crippen LogP contribution is 2.22. The quantitative estimate of drug-likeness (QED) is 0.600. The predicted molar refractivity (Wildman–Crippen MR) is 83.1 cm³/mol. The minimum Gasteiger partial charge on any atom is -0.323 e. The first-order valence-electron chi connectivity index (χ1n) is 6.13. The Labute approximate surface area is 127 Å². The zero-order chi connectivity index (χ0) is 15.4. The van der Waals surface area contributed by atoms with Crippen molar-refractivity contribution in [3.63, 3.8) is 0 Å². The van der Waals surface area contributed by atoms with Crippen molar-refractivity contribution in [2.75, 3.05) is 10.7 Å². The first kappa shape index (κ1) is 14.9. The lowest BCUT2D eigenvalue weighted by Crippen LogP contribution is -2.17. The van der Waals surface area contributed by atoms with Gasteiger partial charge in [0.2, 0.25) is 0 Å². The van der Waals surface area contributed by atoms with E-state index in [-0.39, 0.29) is 10.9 Å². The van der Waals surface area contributed by atoms with Crippen molar-refractivity contribution in [3.8, 4) is 6.07 Å². The number of nitriles is 1. The molecule has 5 nitrogen and oxygen atoms in total. The average Bonchev–Trinajstić information content (AvgIpc) is 2.47. The average molecular weight is 301 g/mol. The van der Waals surface area contributed by atoms with Crippen LogP contribution in [0.15, 0.2) is 36.4 Å². The maximum atomic E-state index is 12.3. The number of anilines is 2. The molecule has 4 N–H and O–H groups in total. The summed E-state index contributed by atoms with van der Waals surface area (Å²) in [6.45, 7) is 1.91. The van der Waals surface area contributed by atoms with Crippen LogP contribution in [0.2, 0.25) is 5.02 Å². The van der Waals surface area contributed by atoms with E-state index in [1.54, 1.807) is 24.3 Å². The molecule has 0 atom stereocenters. The Morgan fingerprint density at radius 2 is 2.05 bits per heavy atom. The highest BCUT2D eigenvalue weighted by Gasteiger charge is 2.12. The number of nitrogens with one attached hydrogen (secondary N) is 2. The van der Waals surface area contributed by atoms with Crippen molar-refractivity contribution >= 4 is 28.9 Å². The Hall–Kier alpha value is -2.55. The number of halogens is 1. The van der Waals surface area contributed by atoms with Gasteiger partial charge >= 0.3 is 0 Å². The van der Waals surface area contributed by atoms with Gasteiger partial charge in [-0.3, -0.25) is 10.6 Å². The number of hydrazine groups is 1. The number of aryl methyl sites for hydroxylation is 1. The molecule has 0 fully saturated rings. The number of rotatable bonds is 3. The fraction of sp³-hybridized carbons (Fsp3) is 0.0667. The van der Waals surface area contributed by atoms with Crippen LogP contribution in [0.25, 0.3) is 0 Å². The molecule has 0 saturated carbocycles. The topological polar surface area (TPSA) is 90.9 Å². The van der Waals surface area contributed by atoms with Crippen LogP contribution in [0.3, 0.4) is 0 Å². The number of amides is 1. The Morgan fingerprint density at radius 1 is 1.29 bits per heavy atom. The van der Waals surface area contributed by atoms with Crippen molar-refractivity contribution in [2.45, 2.75) is 6.92 Å². The lowest BCUT2D eigenvalue weighted by Gasteiger charge is -2.11. The maximum Gasteiger partial charge on any atom is 0.257 e. The Kier molecular flexibility index (Phi) is 4.43. The molecule has 1 amide bonds. The maximum absolute atomic E-state index is 12.3. The highest BCUT2D eigenvalue weighted by atomic mass is 35.5. The van der Waals surface area contributed by atoms with E-state index in [1.807, 2.05) is 19.1 Å². The van der Waals surface area contributed by atoms with Gasteiger partial charge in [0, 0.05) is 5.69 Å². The Bertz CT molecular complexity index is 737. The molecular weight excluding hydrogens is 288 g/mol. The van der Waals surface area contributed by atoms with E-state index in [1.165, 1.54) is 6.07 Å². The summed E-state index contributed by atoms with van der Waals surface area (Å²) in [6.07, 6.45) is 0. The number of carbonyl (C=O) groups is 1. The summed E-state index contributed by atoms with van der Waals surface area (Å²) in [7, 11) is 0. The predicted octanol–water partition coefficient (Wildman–Crippen LogP) is 3.06. The monoisotopic (exact) mass is 300 g/mol. The first-order chi connectivity index (χ1) is 10.0. The molecule has 0 saturated heterocycles. The van der Waals surface area contributed by atoms with Crippen LogP contribution in [-0.4, -0.2) is 5.91 Å². The van der Waals surface area contributed by atoms with E-state index in [2.05, 4.69) is 10.7 Å². The third-order valence-corrected chi connectivity index (χ3v) is 3.24. The molecule has 2 aromatic rings. The largest absolute Gasteiger partial charge is 0.323 e. The standard InChI is InChI=1S/C15H13ClN4O/c1-9-2-5-12(14(6-9)20-18)15(21)19-11-4-3-10(8-17)13(16)7-11/h2-7,20H,18H2,1H3,(H,19,21). The fourth-order valence-electron chi connectivity index (χ4n) is 1.86. The minimum atomic E-state index is -0.316. The molecule has 0 spiro atoms. The number of hydrogen-bond donors (Lipinski definition) is 3. The third-order valence-electron chi connectivity index (χ3n) is 2.92. The van der Waals surface area contributed by atoms with Crippen molar-refractivity contribution in [2.24, 2.45) is 5.84 Å². The van der Waals surface area contributed by atoms with Crippen molar-refractivity contribution < 1.29 is 4.79 Å². The van der Waals surface area contributed by atoms with Gasteiger partial charge < -0.3 is 10.7 Å². The summed E-state index contributed by atoms with van der Waals surface area (Å²) >= 11 is 5.93. The number of benzene rings is 2. The SMILES string of the molecule is Cc1ccc(C(=O)Nc2ccc(C#N)c(Cl)c2)c(NN)c1. The number of nitrogens with zero attached hydrogens (tertiary/aromatic N) is 1. The lowest BCUT2D eigenvalue weighted by molar-refractivity contribution is 0.102. The van der Waals surface area contributed by atoms with E-state index in [9.17, 15) is 4.79 Å². The van der Waals surface area contributed by atoms with Crippen molar-refractivity contribution in [1.82, 2.24) is 0 Å². The van der Waals surface area contributed by atoms with Crippen LogP contribution in [0.5, 0.6) is 0 Å². The van der Waals surface area contributed by atoms with Gasteiger partial charge in [-0.25, -0.2) is 0 Å². The van der Waals surface area contributed by atoms with Crippen LogP contribution >= 0.6 is 11.6 Å². The Balaban J connectivity index is 2.26. The van der Waals surface area contributed by atoms with E-state index in [0.717, 1.165) is 5.56 Å². The van der Waals surface area contributed by atoms with E-state index in [0.29, 0.717) is 22.5 Å². The number of carbonyl (C=O) groups excluding carboxylic acids is 1. The molecule has 106 valence electrons.